The molecule has 2 N–H and O–H groups in total. The Balaban J connectivity index is 1.81. The Hall–Kier alpha value is -0.0400. The fraction of sp³-hybridized carbons (Fsp3) is 0.900. The summed E-state index contributed by atoms with van der Waals surface area (Å²) < 4.78 is 0. The number of hydrogen-bond donors (Lipinski definition) is 1. The molecule has 63 valence electrons. The molecule has 11 heavy (non-hydrogen) atoms. The van der Waals surface area contributed by atoms with E-state index in [9.17, 15) is 0 Å². The van der Waals surface area contributed by atoms with E-state index in [0.29, 0.717) is 6.04 Å². The molecule has 1 radical (unpaired) electrons. The first kappa shape index (κ1) is 7.60. The predicted octanol–water partition coefficient (Wildman–Crippen LogP) is 2.12. The first-order chi connectivity index (χ1) is 5.38. The molecular formula is C10H18N. The van der Waals surface area contributed by atoms with Gasteiger partial charge >= 0.3 is 0 Å². The highest BCUT2D eigenvalue weighted by Gasteiger charge is 2.33. The summed E-state index contributed by atoms with van der Waals surface area (Å²) in [4.78, 5) is 0. The smallest absolute Gasteiger partial charge is 0.00957 e. The largest absolute Gasteiger partial charge is 0.327 e. The summed E-state index contributed by atoms with van der Waals surface area (Å²) in [5.74, 6) is 1.72. The highest BCUT2D eigenvalue weighted by molar-refractivity contribution is 4.92. The van der Waals surface area contributed by atoms with E-state index in [1.54, 1.807) is 0 Å². The Morgan fingerprint density at radius 3 is 2.55 bits per heavy atom. The van der Waals surface area contributed by atoms with Crippen LogP contribution in [-0.2, 0) is 0 Å². The Labute approximate surface area is 69.4 Å². The van der Waals surface area contributed by atoms with Gasteiger partial charge in [0.15, 0.2) is 0 Å². The van der Waals surface area contributed by atoms with Crippen LogP contribution in [0.2, 0.25) is 0 Å². The van der Waals surface area contributed by atoms with Gasteiger partial charge in [0.2, 0.25) is 0 Å². The van der Waals surface area contributed by atoms with Crippen molar-refractivity contribution in [2.45, 2.75) is 44.6 Å². The molecule has 2 rings (SSSR count). The lowest BCUT2D eigenvalue weighted by Gasteiger charge is -2.27. The second kappa shape index (κ2) is 3.14. The summed E-state index contributed by atoms with van der Waals surface area (Å²) >= 11 is 0. The van der Waals surface area contributed by atoms with Crippen molar-refractivity contribution in [1.29, 1.82) is 0 Å². The first-order valence-electron chi connectivity index (χ1n) is 4.95. The van der Waals surface area contributed by atoms with Gasteiger partial charge in [-0.05, 0) is 43.9 Å². The van der Waals surface area contributed by atoms with Gasteiger partial charge in [0.25, 0.3) is 0 Å². The minimum Gasteiger partial charge on any atom is -0.327 e. The summed E-state index contributed by atoms with van der Waals surface area (Å²) in [7, 11) is 0. The van der Waals surface area contributed by atoms with E-state index in [0.717, 1.165) is 11.8 Å². The van der Waals surface area contributed by atoms with Crippen molar-refractivity contribution in [1.82, 2.24) is 0 Å². The Kier molecular flexibility index (Phi) is 2.17. The molecule has 0 saturated heterocycles. The zero-order valence-electron chi connectivity index (χ0n) is 7.13. The van der Waals surface area contributed by atoms with Crippen LogP contribution >= 0.6 is 0 Å². The topological polar surface area (TPSA) is 26.0 Å². The van der Waals surface area contributed by atoms with Gasteiger partial charge in [-0.15, -0.1) is 0 Å². The standard InChI is InChI=1S/C10H18N/c11-10(9-6-7-9)8-4-2-1-3-5-8/h2,8-10H,1,3-7,11H2. The molecule has 0 aromatic carbocycles. The molecule has 0 heterocycles. The number of hydrogen-bond acceptors (Lipinski definition) is 1. The van der Waals surface area contributed by atoms with Gasteiger partial charge in [-0.2, -0.15) is 0 Å². The van der Waals surface area contributed by atoms with Crippen LogP contribution in [0.15, 0.2) is 0 Å². The molecule has 0 bridgehead atoms. The molecule has 2 aliphatic rings. The van der Waals surface area contributed by atoms with Gasteiger partial charge in [0.1, 0.15) is 0 Å². The zero-order valence-corrected chi connectivity index (χ0v) is 7.13. The van der Waals surface area contributed by atoms with Crippen LogP contribution in [0.1, 0.15) is 38.5 Å². The molecule has 0 aromatic rings. The van der Waals surface area contributed by atoms with E-state index in [2.05, 4.69) is 6.42 Å². The first-order valence-corrected chi connectivity index (χ1v) is 4.95. The lowest BCUT2D eigenvalue weighted by molar-refractivity contribution is 0.322. The van der Waals surface area contributed by atoms with Crippen LogP contribution in [-0.4, -0.2) is 6.04 Å². The van der Waals surface area contributed by atoms with Crippen molar-refractivity contribution in [2.75, 3.05) is 0 Å². The van der Waals surface area contributed by atoms with Crippen LogP contribution in [0.4, 0.5) is 0 Å². The Bertz CT molecular complexity index is 123. The normalized spacial score (nSPS) is 30.3. The molecular weight excluding hydrogens is 134 g/mol. The fourth-order valence-electron chi connectivity index (χ4n) is 2.19. The average molecular weight is 152 g/mol. The maximum Gasteiger partial charge on any atom is 0.00957 e. The molecule has 0 aliphatic heterocycles. The second-order valence-corrected chi connectivity index (χ2v) is 4.13. The summed E-state index contributed by atoms with van der Waals surface area (Å²) in [5.41, 5.74) is 6.13. The van der Waals surface area contributed by atoms with Crippen LogP contribution in [0.5, 0.6) is 0 Å². The maximum absolute atomic E-state index is 6.13. The third-order valence-corrected chi connectivity index (χ3v) is 3.16. The summed E-state index contributed by atoms with van der Waals surface area (Å²) in [6.07, 6.45) is 10.6. The van der Waals surface area contributed by atoms with Crippen LogP contribution in [0, 0.1) is 18.3 Å². The predicted molar refractivity (Wildman–Crippen MR) is 47.0 cm³/mol. The molecule has 0 amide bonds. The van der Waals surface area contributed by atoms with E-state index in [1.165, 1.54) is 38.5 Å². The molecule has 2 aliphatic carbocycles. The SMILES string of the molecule is NC(C1C[CH]CCC1)C1CC1. The molecule has 2 saturated carbocycles. The van der Waals surface area contributed by atoms with E-state index in [-0.39, 0.29) is 0 Å². The van der Waals surface area contributed by atoms with Gasteiger partial charge in [-0.1, -0.05) is 12.8 Å². The van der Waals surface area contributed by atoms with Crippen molar-refractivity contribution in [3.05, 3.63) is 6.42 Å². The van der Waals surface area contributed by atoms with Crippen LogP contribution < -0.4 is 5.73 Å². The quantitative estimate of drug-likeness (QED) is 0.644. The molecule has 2 unspecified atom stereocenters. The minimum absolute atomic E-state index is 0.534. The van der Waals surface area contributed by atoms with Crippen LogP contribution in [0.25, 0.3) is 0 Å². The zero-order chi connectivity index (χ0) is 7.68. The van der Waals surface area contributed by atoms with Gasteiger partial charge in [-0.25, -0.2) is 0 Å². The third-order valence-electron chi connectivity index (χ3n) is 3.16. The van der Waals surface area contributed by atoms with Gasteiger partial charge in [0.05, 0.1) is 0 Å². The summed E-state index contributed by atoms with van der Waals surface area (Å²) in [6.45, 7) is 0. The van der Waals surface area contributed by atoms with Crippen molar-refractivity contribution in [3.8, 4) is 0 Å². The maximum atomic E-state index is 6.13. The molecule has 1 heteroatoms. The lowest BCUT2D eigenvalue weighted by Crippen LogP contribution is -2.33. The van der Waals surface area contributed by atoms with Crippen molar-refractivity contribution < 1.29 is 0 Å². The van der Waals surface area contributed by atoms with Crippen molar-refractivity contribution >= 4 is 0 Å². The Morgan fingerprint density at radius 1 is 1.18 bits per heavy atom. The second-order valence-electron chi connectivity index (χ2n) is 4.13. The van der Waals surface area contributed by atoms with E-state index < -0.39 is 0 Å². The molecule has 2 fully saturated rings. The van der Waals surface area contributed by atoms with E-state index in [1.807, 2.05) is 0 Å². The summed E-state index contributed by atoms with van der Waals surface area (Å²) in [6, 6.07) is 0.534. The van der Waals surface area contributed by atoms with Crippen molar-refractivity contribution in [3.63, 3.8) is 0 Å². The van der Waals surface area contributed by atoms with E-state index in [4.69, 9.17) is 5.73 Å². The molecule has 0 aromatic heterocycles. The van der Waals surface area contributed by atoms with Crippen molar-refractivity contribution in [2.24, 2.45) is 17.6 Å². The van der Waals surface area contributed by atoms with Gasteiger partial charge in [-0.3, -0.25) is 0 Å². The molecule has 0 spiro atoms. The summed E-state index contributed by atoms with van der Waals surface area (Å²) in [5, 5.41) is 0. The highest BCUT2D eigenvalue weighted by atomic mass is 14.7. The fourth-order valence-corrected chi connectivity index (χ4v) is 2.19. The molecule has 2 atom stereocenters. The van der Waals surface area contributed by atoms with Crippen LogP contribution in [0.3, 0.4) is 0 Å². The highest BCUT2D eigenvalue weighted by Crippen LogP contribution is 2.38. The van der Waals surface area contributed by atoms with Gasteiger partial charge in [0, 0.05) is 6.04 Å². The average Bonchev–Trinajstić information content (AvgIpc) is 2.87. The number of nitrogens with two attached hydrogens (primary N) is 1. The van der Waals surface area contributed by atoms with Gasteiger partial charge < -0.3 is 5.73 Å². The van der Waals surface area contributed by atoms with E-state index >= 15 is 0 Å². The number of rotatable bonds is 2. The third kappa shape index (κ3) is 1.76. The Morgan fingerprint density at radius 2 is 2.00 bits per heavy atom. The lowest BCUT2D eigenvalue weighted by atomic mass is 9.82. The molecule has 1 nitrogen and oxygen atoms in total. The monoisotopic (exact) mass is 152 g/mol. The minimum atomic E-state index is 0.534.